The number of carbonyl (C=O) groups is 3. The maximum absolute atomic E-state index is 13.5. The number of benzene rings is 2. The fourth-order valence-corrected chi connectivity index (χ4v) is 3.98. The van der Waals surface area contributed by atoms with Crippen molar-refractivity contribution in [2.75, 3.05) is 23.6 Å². The molecule has 31 heavy (non-hydrogen) atoms. The lowest BCUT2D eigenvalue weighted by molar-refractivity contribution is -0.136. The molecule has 2 amide bonds. The molecule has 0 saturated carbocycles. The second kappa shape index (κ2) is 8.03. The molecule has 2 aromatic carbocycles. The topological polar surface area (TPSA) is 88.5 Å². The van der Waals surface area contributed by atoms with Gasteiger partial charge < -0.3 is 9.47 Å². The van der Waals surface area contributed by atoms with Gasteiger partial charge in [0.15, 0.2) is 5.71 Å². The Morgan fingerprint density at radius 3 is 2.48 bits per heavy atom. The highest BCUT2D eigenvalue weighted by Gasteiger charge is 2.59. The lowest BCUT2D eigenvalue weighted by Crippen LogP contribution is -2.39. The van der Waals surface area contributed by atoms with E-state index in [1.807, 2.05) is 0 Å². The molecule has 0 aliphatic carbocycles. The Bertz CT molecular complexity index is 1100. The summed E-state index contributed by atoms with van der Waals surface area (Å²) in [5.41, 5.74) is 1.43. The number of carbonyl (C=O) groups excluding carboxylic acids is 3. The number of methoxy groups -OCH3 is 1. The molecule has 8 nitrogen and oxygen atoms in total. The molecule has 2 aliphatic heterocycles. The number of hydrogen-bond donors (Lipinski definition) is 0. The SMILES string of the molecule is CCOC(=O)C1=NN(c2ccc(OC)cc2)[C@@H]2C(=O)N(c3cccc(Cl)c3C)C(=O)[C@H]12. The molecule has 0 spiro atoms. The monoisotopic (exact) mass is 441 g/mol. The molecule has 0 bridgehead atoms. The molecule has 0 unspecified atom stereocenters. The summed E-state index contributed by atoms with van der Waals surface area (Å²) in [6, 6.07) is 10.8. The third kappa shape index (κ3) is 3.33. The summed E-state index contributed by atoms with van der Waals surface area (Å²) in [5, 5.41) is 6.16. The first-order valence-corrected chi connectivity index (χ1v) is 10.1. The van der Waals surface area contributed by atoms with E-state index >= 15 is 0 Å². The number of halogens is 1. The zero-order valence-corrected chi connectivity index (χ0v) is 17.9. The van der Waals surface area contributed by atoms with Crippen LogP contribution in [0.15, 0.2) is 47.6 Å². The van der Waals surface area contributed by atoms with Gasteiger partial charge in [-0.25, -0.2) is 9.69 Å². The fraction of sp³-hybridized carbons (Fsp3) is 0.273. The normalized spacial score (nSPS) is 20.1. The van der Waals surface area contributed by atoms with E-state index in [0.29, 0.717) is 27.7 Å². The third-order valence-electron chi connectivity index (χ3n) is 5.35. The Morgan fingerprint density at radius 1 is 1.13 bits per heavy atom. The smallest absolute Gasteiger partial charge is 0.355 e. The minimum atomic E-state index is -1.08. The molecule has 0 N–H and O–H groups in total. The minimum absolute atomic E-state index is 0.0943. The van der Waals surface area contributed by atoms with Crippen LogP contribution >= 0.6 is 11.6 Å². The third-order valence-corrected chi connectivity index (χ3v) is 5.76. The first-order valence-electron chi connectivity index (χ1n) is 9.70. The molecular weight excluding hydrogens is 422 g/mol. The highest BCUT2D eigenvalue weighted by molar-refractivity contribution is 6.47. The van der Waals surface area contributed by atoms with E-state index < -0.39 is 29.7 Å². The number of hydrogen-bond acceptors (Lipinski definition) is 7. The van der Waals surface area contributed by atoms with E-state index in [0.717, 1.165) is 4.90 Å². The van der Waals surface area contributed by atoms with Gasteiger partial charge in [0, 0.05) is 5.02 Å². The number of nitrogens with zero attached hydrogens (tertiary/aromatic N) is 3. The Morgan fingerprint density at radius 2 is 1.84 bits per heavy atom. The molecule has 2 heterocycles. The summed E-state index contributed by atoms with van der Waals surface area (Å²) in [6.45, 7) is 3.51. The standard InChI is InChI=1S/C22H20ClN3O5/c1-4-31-22(29)18-17-19(26(24-18)13-8-10-14(30-3)11-9-13)21(28)25(20(17)27)16-7-5-6-15(23)12(16)2/h5-11,17,19H,4H2,1-3H3/t17-,19+/m1/s1. The lowest BCUT2D eigenvalue weighted by Gasteiger charge is -2.23. The van der Waals surface area contributed by atoms with Crippen molar-refractivity contribution in [3.63, 3.8) is 0 Å². The number of hydrazone groups is 1. The van der Waals surface area contributed by atoms with Crippen molar-refractivity contribution >= 4 is 46.5 Å². The number of anilines is 2. The molecule has 9 heteroatoms. The molecule has 0 aromatic heterocycles. The predicted octanol–water partition coefficient (Wildman–Crippen LogP) is 2.95. The molecule has 1 fully saturated rings. The number of ether oxygens (including phenoxy) is 2. The van der Waals surface area contributed by atoms with Gasteiger partial charge in [-0.2, -0.15) is 5.10 Å². The number of rotatable bonds is 5. The first kappa shape index (κ1) is 20.9. The Labute approximate surface area is 184 Å². The average molecular weight is 442 g/mol. The van der Waals surface area contributed by atoms with Gasteiger partial charge in [0.05, 0.1) is 25.1 Å². The lowest BCUT2D eigenvalue weighted by atomic mass is 9.97. The zero-order valence-electron chi connectivity index (χ0n) is 17.2. The Hall–Kier alpha value is -3.39. The van der Waals surface area contributed by atoms with Gasteiger partial charge in [0.1, 0.15) is 17.7 Å². The van der Waals surface area contributed by atoms with Crippen LogP contribution < -0.4 is 14.6 Å². The molecule has 2 aliphatic rings. The summed E-state index contributed by atoms with van der Waals surface area (Å²) < 4.78 is 10.3. The van der Waals surface area contributed by atoms with Crippen LogP contribution in [-0.4, -0.2) is 43.3 Å². The van der Waals surface area contributed by atoms with E-state index in [1.54, 1.807) is 63.4 Å². The second-order valence-corrected chi connectivity index (χ2v) is 7.47. The average Bonchev–Trinajstić information content (AvgIpc) is 3.28. The maximum atomic E-state index is 13.5. The predicted molar refractivity (Wildman–Crippen MR) is 116 cm³/mol. The quantitative estimate of drug-likeness (QED) is 0.523. The molecule has 160 valence electrons. The highest BCUT2D eigenvalue weighted by Crippen LogP contribution is 2.40. The van der Waals surface area contributed by atoms with Gasteiger partial charge in [-0.15, -0.1) is 0 Å². The van der Waals surface area contributed by atoms with Crippen LogP contribution in [-0.2, 0) is 19.1 Å². The zero-order chi connectivity index (χ0) is 22.3. The van der Waals surface area contributed by atoms with Gasteiger partial charge in [-0.3, -0.25) is 14.6 Å². The van der Waals surface area contributed by atoms with E-state index in [9.17, 15) is 14.4 Å². The first-order chi connectivity index (χ1) is 14.9. The molecule has 4 rings (SSSR count). The van der Waals surface area contributed by atoms with Crippen LogP contribution in [0.5, 0.6) is 5.75 Å². The van der Waals surface area contributed by atoms with E-state index in [-0.39, 0.29) is 12.3 Å². The van der Waals surface area contributed by atoms with Gasteiger partial charge >= 0.3 is 5.97 Å². The fourth-order valence-electron chi connectivity index (χ4n) is 3.81. The Kier molecular flexibility index (Phi) is 5.41. The summed E-state index contributed by atoms with van der Waals surface area (Å²) in [6.07, 6.45) is 0. The van der Waals surface area contributed by atoms with Crippen molar-refractivity contribution in [1.82, 2.24) is 0 Å². The van der Waals surface area contributed by atoms with Gasteiger partial charge in [0.2, 0.25) is 5.91 Å². The number of fused-ring (bicyclic) bond motifs is 1. The summed E-state index contributed by atoms with van der Waals surface area (Å²) in [5.74, 6) is -2.20. The largest absolute Gasteiger partial charge is 0.497 e. The summed E-state index contributed by atoms with van der Waals surface area (Å²) in [7, 11) is 1.54. The number of esters is 1. The molecule has 0 radical (unpaired) electrons. The maximum Gasteiger partial charge on any atom is 0.355 e. The molecule has 2 atom stereocenters. The van der Waals surface area contributed by atoms with Crippen LogP contribution in [0.1, 0.15) is 12.5 Å². The van der Waals surface area contributed by atoms with Crippen molar-refractivity contribution in [3.8, 4) is 5.75 Å². The molecular formula is C22H20ClN3O5. The van der Waals surface area contributed by atoms with Crippen LogP contribution in [0.4, 0.5) is 11.4 Å². The Balaban J connectivity index is 1.80. The highest BCUT2D eigenvalue weighted by atomic mass is 35.5. The van der Waals surface area contributed by atoms with Crippen LogP contribution in [0.3, 0.4) is 0 Å². The minimum Gasteiger partial charge on any atom is -0.497 e. The van der Waals surface area contributed by atoms with Crippen molar-refractivity contribution in [3.05, 3.63) is 53.1 Å². The van der Waals surface area contributed by atoms with E-state index in [2.05, 4.69) is 5.10 Å². The number of amides is 2. The van der Waals surface area contributed by atoms with Gasteiger partial charge in [-0.05, 0) is 55.8 Å². The van der Waals surface area contributed by atoms with Crippen molar-refractivity contribution < 1.29 is 23.9 Å². The van der Waals surface area contributed by atoms with E-state index in [4.69, 9.17) is 21.1 Å². The van der Waals surface area contributed by atoms with Crippen molar-refractivity contribution in [1.29, 1.82) is 0 Å². The van der Waals surface area contributed by atoms with Crippen molar-refractivity contribution in [2.45, 2.75) is 19.9 Å². The summed E-state index contributed by atoms with van der Waals surface area (Å²) >= 11 is 6.21. The van der Waals surface area contributed by atoms with Gasteiger partial charge in [0.25, 0.3) is 5.91 Å². The van der Waals surface area contributed by atoms with E-state index in [1.165, 1.54) is 5.01 Å². The van der Waals surface area contributed by atoms with Crippen LogP contribution in [0, 0.1) is 12.8 Å². The molecule has 1 saturated heterocycles. The van der Waals surface area contributed by atoms with Crippen LogP contribution in [0.2, 0.25) is 5.02 Å². The second-order valence-electron chi connectivity index (χ2n) is 7.07. The summed E-state index contributed by atoms with van der Waals surface area (Å²) in [4.78, 5) is 40.5. The number of imide groups is 1. The molecule has 2 aromatic rings. The van der Waals surface area contributed by atoms with Gasteiger partial charge in [-0.1, -0.05) is 17.7 Å². The van der Waals surface area contributed by atoms with Crippen LogP contribution in [0.25, 0.3) is 0 Å². The van der Waals surface area contributed by atoms with Crippen molar-refractivity contribution in [2.24, 2.45) is 11.0 Å².